The van der Waals surface area contributed by atoms with Gasteiger partial charge in [-0.25, -0.2) is 8.42 Å². The van der Waals surface area contributed by atoms with Crippen molar-refractivity contribution in [2.45, 2.75) is 45.4 Å². The zero-order chi connectivity index (χ0) is 18.3. The second-order valence-electron chi connectivity index (χ2n) is 6.55. The molecule has 25 heavy (non-hydrogen) atoms. The maximum absolute atomic E-state index is 12.2. The minimum absolute atomic E-state index is 0.151. The lowest BCUT2D eigenvalue weighted by molar-refractivity contribution is -0.116. The third kappa shape index (κ3) is 6.63. The fourth-order valence-electron chi connectivity index (χ4n) is 2.95. The lowest BCUT2D eigenvalue weighted by Crippen LogP contribution is -2.38. The highest BCUT2D eigenvalue weighted by Gasteiger charge is 2.20. The average molecular weight is 365 g/mol. The van der Waals surface area contributed by atoms with Gasteiger partial charge in [0.25, 0.3) is 0 Å². The van der Waals surface area contributed by atoms with Crippen molar-refractivity contribution in [3.05, 3.63) is 41.5 Å². The van der Waals surface area contributed by atoms with Gasteiger partial charge in [-0.1, -0.05) is 30.7 Å². The van der Waals surface area contributed by atoms with Gasteiger partial charge in [-0.2, -0.15) is 4.31 Å². The third-order valence-corrected chi connectivity index (χ3v) is 5.75. The van der Waals surface area contributed by atoms with Crippen molar-refractivity contribution >= 4 is 21.6 Å². The third-order valence-electron chi connectivity index (χ3n) is 4.50. The van der Waals surface area contributed by atoms with Crippen LogP contribution in [0.4, 0.5) is 5.69 Å². The second kappa shape index (κ2) is 9.15. The molecule has 6 heteroatoms. The lowest BCUT2D eigenvalue weighted by atomic mass is 9.97. The highest BCUT2D eigenvalue weighted by Crippen LogP contribution is 2.20. The highest BCUT2D eigenvalue weighted by molar-refractivity contribution is 7.88. The number of amides is 1. The number of benzene rings is 1. The van der Waals surface area contributed by atoms with E-state index >= 15 is 0 Å². The molecule has 0 aliphatic heterocycles. The molecule has 0 fully saturated rings. The largest absolute Gasteiger partial charge is 0.325 e. The van der Waals surface area contributed by atoms with Gasteiger partial charge in [0.2, 0.25) is 15.9 Å². The number of rotatable bonds is 8. The fraction of sp³-hybridized carbons (Fsp3) is 0.526. The van der Waals surface area contributed by atoms with Crippen molar-refractivity contribution in [2.24, 2.45) is 0 Å². The Balaban J connectivity index is 1.93. The summed E-state index contributed by atoms with van der Waals surface area (Å²) in [6.45, 7) is 2.27. The zero-order valence-corrected chi connectivity index (χ0v) is 15.9. The molecule has 1 aliphatic rings. The molecule has 5 nitrogen and oxygen atoms in total. The van der Waals surface area contributed by atoms with Crippen molar-refractivity contribution in [1.29, 1.82) is 0 Å². The molecule has 1 N–H and O–H groups in total. The van der Waals surface area contributed by atoms with Gasteiger partial charge >= 0.3 is 0 Å². The van der Waals surface area contributed by atoms with Crippen LogP contribution in [0.5, 0.6) is 0 Å². The second-order valence-corrected chi connectivity index (χ2v) is 8.54. The Labute approximate surface area is 151 Å². The van der Waals surface area contributed by atoms with Crippen LogP contribution in [0.3, 0.4) is 0 Å². The van der Waals surface area contributed by atoms with Crippen LogP contribution in [-0.2, 0) is 21.2 Å². The maximum atomic E-state index is 12.2. The number of carbonyl (C=O) groups is 1. The molecule has 0 unspecified atom stereocenters. The molecule has 0 radical (unpaired) electrons. The van der Waals surface area contributed by atoms with Crippen molar-refractivity contribution in [3.63, 3.8) is 0 Å². The first-order valence-electron chi connectivity index (χ1n) is 8.90. The monoisotopic (exact) mass is 364 g/mol. The fourth-order valence-corrected chi connectivity index (χ4v) is 3.72. The van der Waals surface area contributed by atoms with E-state index in [1.54, 1.807) is 0 Å². The van der Waals surface area contributed by atoms with E-state index in [0.29, 0.717) is 18.7 Å². The average Bonchev–Trinajstić information content (AvgIpc) is 2.59. The first-order valence-corrected chi connectivity index (χ1v) is 10.7. The Morgan fingerprint density at radius 1 is 1.20 bits per heavy atom. The Kier molecular flexibility index (Phi) is 7.20. The smallest absolute Gasteiger partial charge is 0.239 e. The molecule has 1 amide bonds. The molecule has 0 saturated carbocycles. The van der Waals surface area contributed by atoms with Crippen molar-refractivity contribution in [3.8, 4) is 0 Å². The summed E-state index contributed by atoms with van der Waals surface area (Å²) in [6.07, 6.45) is 9.48. The standard InChI is InChI=1S/C19H28N2O3S/c1-3-16-9-11-18(12-10-16)20-19(22)15-21(25(2,23)24)14-13-17-7-5-4-6-8-17/h7,9-12H,3-6,8,13-15H2,1-2H3,(H,20,22). The Morgan fingerprint density at radius 3 is 2.48 bits per heavy atom. The van der Waals surface area contributed by atoms with Gasteiger partial charge in [-0.3, -0.25) is 4.79 Å². The molecule has 0 spiro atoms. The number of carbonyl (C=O) groups excluding carboxylic acids is 1. The zero-order valence-electron chi connectivity index (χ0n) is 15.1. The van der Waals surface area contributed by atoms with Crippen LogP contribution in [0, 0.1) is 0 Å². The Morgan fingerprint density at radius 2 is 1.92 bits per heavy atom. The van der Waals surface area contributed by atoms with E-state index in [1.165, 1.54) is 28.3 Å². The number of anilines is 1. The quantitative estimate of drug-likeness (QED) is 0.720. The number of sulfonamides is 1. The predicted octanol–water partition coefficient (Wildman–Crippen LogP) is 3.34. The molecule has 1 aromatic rings. The summed E-state index contributed by atoms with van der Waals surface area (Å²) in [7, 11) is -3.42. The number of nitrogens with zero attached hydrogens (tertiary/aromatic N) is 1. The number of aryl methyl sites for hydroxylation is 1. The summed E-state index contributed by atoms with van der Waals surface area (Å²) in [4.78, 5) is 12.2. The van der Waals surface area contributed by atoms with Gasteiger partial charge in [0.15, 0.2) is 0 Å². The summed E-state index contributed by atoms with van der Waals surface area (Å²) in [5.74, 6) is -0.313. The molecule has 1 aromatic carbocycles. The van der Waals surface area contributed by atoms with Gasteiger partial charge in [0.1, 0.15) is 0 Å². The van der Waals surface area contributed by atoms with Crippen molar-refractivity contribution in [2.75, 3.05) is 24.7 Å². The normalized spacial score (nSPS) is 15.1. The molecular weight excluding hydrogens is 336 g/mol. The van der Waals surface area contributed by atoms with Gasteiger partial charge in [0, 0.05) is 12.2 Å². The van der Waals surface area contributed by atoms with Crippen LogP contribution in [0.25, 0.3) is 0 Å². The summed E-state index contributed by atoms with van der Waals surface area (Å²) in [5.41, 5.74) is 3.18. The summed E-state index contributed by atoms with van der Waals surface area (Å²) in [5, 5.41) is 2.77. The SMILES string of the molecule is CCc1ccc(NC(=O)CN(CCC2=CCCCC2)S(C)(=O)=O)cc1. The predicted molar refractivity (Wildman–Crippen MR) is 102 cm³/mol. The van der Waals surface area contributed by atoms with E-state index in [4.69, 9.17) is 0 Å². The van der Waals surface area contributed by atoms with E-state index in [-0.39, 0.29) is 12.5 Å². The molecule has 2 rings (SSSR count). The summed E-state index contributed by atoms with van der Waals surface area (Å²) in [6, 6.07) is 7.60. The van der Waals surface area contributed by atoms with E-state index in [0.717, 1.165) is 25.5 Å². The number of hydrogen-bond acceptors (Lipinski definition) is 3. The number of allylic oxidation sites excluding steroid dienone is 1. The van der Waals surface area contributed by atoms with E-state index < -0.39 is 10.0 Å². The van der Waals surface area contributed by atoms with E-state index in [2.05, 4.69) is 18.3 Å². The Bertz CT molecular complexity index is 709. The molecule has 1 aliphatic carbocycles. The summed E-state index contributed by atoms with van der Waals surface area (Å²) < 4.78 is 25.3. The van der Waals surface area contributed by atoms with Gasteiger partial charge in [-0.05, 0) is 56.2 Å². The molecule has 0 heterocycles. The van der Waals surface area contributed by atoms with Gasteiger partial charge in [-0.15, -0.1) is 0 Å². The molecule has 0 atom stereocenters. The molecule has 0 aromatic heterocycles. The van der Waals surface area contributed by atoms with Crippen LogP contribution < -0.4 is 5.32 Å². The van der Waals surface area contributed by atoms with Crippen LogP contribution in [0.1, 0.15) is 44.6 Å². The first-order chi connectivity index (χ1) is 11.9. The summed E-state index contributed by atoms with van der Waals surface area (Å²) >= 11 is 0. The van der Waals surface area contributed by atoms with Crippen LogP contribution >= 0.6 is 0 Å². The number of nitrogens with one attached hydrogen (secondary N) is 1. The molecule has 0 bridgehead atoms. The van der Waals surface area contributed by atoms with Crippen LogP contribution in [0.15, 0.2) is 35.9 Å². The van der Waals surface area contributed by atoms with E-state index in [9.17, 15) is 13.2 Å². The van der Waals surface area contributed by atoms with Crippen molar-refractivity contribution < 1.29 is 13.2 Å². The van der Waals surface area contributed by atoms with Crippen LogP contribution in [0.2, 0.25) is 0 Å². The Hall–Kier alpha value is -1.66. The molecular formula is C19H28N2O3S. The molecule has 138 valence electrons. The maximum Gasteiger partial charge on any atom is 0.239 e. The molecule has 0 saturated heterocycles. The van der Waals surface area contributed by atoms with E-state index in [1.807, 2.05) is 24.3 Å². The highest BCUT2D eigenvalue weighted by atomic mass is 32.2. The topological polar surface area (TPSA) is 66.5 Å². The van der Waals surface area contributed by atoms with Crippen molar-refractivity contribution in [1.82, 2.24) is 4.31 Å². The van der Waals surface area contributed by atoms with Crippen LogP contribution in [-0.4, -0.2) is 38.0 Å². The minimum Gasteiger partial charge on any atom is -0.325 e. The number of hydrogen-bond donors (Lipinski definition) is 1. The van der Waals surface area contributed by atoms with Gasteiger partial charge in [0.05, 0.1) is 12.8 Å². The first kappa shape index (κ1) is 19.7. The van der Waals surface area contributed by atoms with Gasteiger partial charge < -0.3 is 5.32 Å². The minimum atomic E-state index is -3.42. The lowest BCUT2D eigenvalue weighted by Gasteiger charge is -2.21.